The van der Waals surface area contributed by atoms with Crippen LogP contribution >= 0.6 is 0 Å². The highest BCUT2D eigenvalue weighted by Crippen LogP contribution is 2.19. The molecule has 1 N–H and O–H groups in total. The molecule has 3 aromatic carbocycles. The van der Waals surface area contributed by atoms with E-state index in [0.717, 1.165) is 22.4 Å². The lowest BCUT2D eigenvalue weighted by Crippen LogP contribution is -2.52. The number of anilines is 1. The number of esters is 1. The van der Waals surface area contributed by atoms with Gasteiger partial charge in [0.05, 0.1) is 6.42 Å². The van der Waals surface area contributed by atoms with Crippen molar-refractivity contribution in [2.24, 2.45) is 0 Å². The monoisotopic (exact) mass is 457 g/mol. The fraction of sp³-hybridized carbons (Fsp3) is 0.222. The molecule has 1 aliphatic heterocycles. The molecule has 7 heteroatoms. The van der Waals surface area contributed by atoms with Crippen LogP contribution in [0.15, 0.2) is 84.9 Å². The summed E-state index contributed by atoms with van der Waals surface area (Å²) in [7, 11) is 0. The molecule has 0 aliphatic carbocycles. The molecular formula is C27H27N3O4. The van der Waals surface area contributed by atoms with Crippen LogP contribution in [0.3, 0.4) is 0 Å². The molecule has 0 atom stereocenters. The molecule has 3 amide bonds. The lowest BCUT2D eigenvalue weighted by Gasteiger charge is -2.34. The number of urea groups is 1. The van der Waals surface area contributed by atoms with Crippen molar-refractivity contribution in [1.29, 1.82) is 0 Å². The van der Waals surface area contributed by atoms with Gasteiger partial charge in [-0.15, -0.1) is 0 Å². The highest BCUT2D eigenvalue weighted by molar-refractivity contribution is 5.89. The van der Waals surface area contributed by atoms with Gasteiger partial charge >= 0.3 is 12.0 Å². The number of hydrogen-bond acceptors (Lipinski definition) is 4. The zero-order valence-electron chi connectivity index (χ0n) is 18.9. The number of nitrogens with zero attached hydrogens (tertiary/aromatic N) is 2. The predicted molar refractivity (Wildman–Crippen MR) is 130 cm³/mol. The maximum atomic E-state index is 12.5. The molecule has 0 aromatic heterocycles. The van der Waals surface area contributed by atoms with Gasteiger partial charge in [-0.3, -0.25) is 9.59 Å². The van der Waals surface area contributed by atoms with Crippen LogP contribution in [0.2, 0.25) is 0 Å². The number of rotatable bonds is 6. The summed E-state index contributed by atoms with van der Waals surface area (Å²) in [5, 5.41) is 2.85. The smallest absolute Gasteiger partial charge is 0.321 e. The Labute approximate surface area is 198 Å². The number of nitrogens with one attached hydrogen (secondary N) is 1. The summed E-state index contributed by atoms with van der Waals surface area (Å²) < 4.78 is 5.21. The summed E-state index contributed by atoms with van der Waals surface area (Å²) in [5.74, 6) is -0.697. The Hall–Kier alpha value is -4.13. The number of hydrogen-bond donors (Lipinski definition) is 1. The van der Waals surface area contributed by atoms with Crippen LogP contribution in [-0.4, -0.2) is 60.5 Å². The van der Waals surface area contributed by atoms with E-state index in [2.05, 4.69) is 5.32 Å². The lowest BCUT2D eigenvalue weighted by molar-refractivity contribution is -0.152. The third kappa shape index (κ3) is 6.22. The molecule has 7 nitrogen and oxygen atoms in total. The van der Waals surface area contributed by atoms with E-state index in [-0.39, 0.29) is 25.0 Å². The molecule has 34 heavy (non-hydrogen) atoms. The summed E-state index contributed by atoms with van der Waals surface area (Å²) >= 11 is 0. The van der Waals surface area contributed by atoms with Crippen molar-refractivity contribution >= 4 is 23.6 Å². The summed E-state index contributed by atoms with van der Waals surface area (Å²) in [6.07, 6.45) is 0.107. The standard InChI is InChI=1S/C27H27N3O4/c31-25(29-15-17-30(18-16-29)27(33)28-24-9-5-2-6-10-24)20-34-26(32)19-21-11-13-23(14-12-21)22-7-3-1-4-8-22/h1-14H,15-20H2,(H,28,33). The van der Waals surface area contributed by atoms with Gasteiger partial charge in [0.1, 0.15) is 0 Å². The number of piperazine rings is 1. The SMILES string of the molecule is O=C(Cc1ccc(-c2ccccc2)cc1)OCC(=O)N1CCN(C(=O)Nc2ccccc2)CC1. The van der Waals surface area contributed by atoms with E-state index in [0.29, 0.717) is 26.2 Å². The van der Waals surface area contributed by atoms with Crippen molar-refractivity contribution in [3.8, 4) is 11.1 Å². The molecule has 0 bridgehead atoms. The molecule has 3 aromatic rings. The first-order valence-electron chi connectivity index (χ1n) is 11.3. The summed E-state index contributed by atoms with van der Waals surface area (Å²) in [6.45, 7) is 1.36. The van der Waals surface area contributed by atoms with Gasteiger partial charge in [0.25, 0.3) is 5.91 Å². The maximum absolute atomic E-state index is 12.5. The van der Waals surface area contributed by atoms with Crippen LogP contribution in [0.5, 0.6) is 0 Å². The number of benzene rings is 3. The summed E-state index contributed by atoms with van der Waals surface area (Å²) in [5.41, 5.74) is 3.74. The molecule has 0 saturated carbocycles. The Morgan fingerprint density at radius 2 is 1.26 bits per heavy atom. The van der Waals surface area contributed by atoms with Gasteiger partial charge in [-0.05, 0) is 28.8 Å². The third-order valence-electron chi connectivity index (χ3n) is 5.71. The predicted octanol–water partition coefficient (Wildman–Crippen LogP) is 3.82. The Morgan fingerprint density at radius 1 is 0.706 bits per heavy atom. The maximum Gasteiger partial charge on any atom is 0.321 e. The molecule has 0 spiro atoms. The van der Waals surface area contributed by atoms with Crippen molar-refractivity contribution in [3.05, 3.63) is 90.5 Å². The van der Waals surface area contributed by atoms with Crippen LogP contribution in [0.1, 0.15) is 5.56 Å². The average molecular weight is 458 g/mol. The first-order valence-corrected chi connectivity index (χ1v) is 11.3. The molecule has 1 heterocycles. The van der Waals surface area contributed by atoms with Gasteiger partial charge in [0.15, 0.2) is 6.61 Å². The van der Waals surface area contributed by atoms with Crippen LogP contribution in [0.25, 0.3) is 11.1 Å². The zero-order chi connectivity index (χ0) is 23.8. The van der Waals surface area contributed by atoms with E-state index in [9.17, 15) is 14.4 Å². The minimum Gasteiger partial charge on any atom is -0.455 e. The molecule has 0 unspecified atom stereocenters. The number of carbonyl (C=O) groups is 3. The Balaban J connectivity index is 1.18. The molecule has 1 saturated heterocycles. The average Bonchev–Trinajstić information content (AvgIpc) is 2.89. The topological polar surface area (TPSA) is 79.0 Å². The van der Waals surface area contributed by atoms with Gasteiger partial charge in [-0.25, -0.2) is 4.79 Å². The lowest BCUT2D eigenvalue weighted by atomic mass is 10.0. The first kappa shape index (κ1) is 23.0. The number of para-hydroxylation sites is 1. The van der Waals surface area contributed by atoms with Crippen molar-refractivity contribution < 1.29 is 19.1 Å². The van der Waals surface area contributed by atoms with E-state index in [1.54, 1.807) is 9.80 Å². The number of carbonyl (C=O) groups excluding carboxylic acids is 3. The fourth-order valence-corrected chi connectivity index (χ4v) is 3.78. The Bertz CT molecular complexity index is 1110. The van der Waals surface area contributed by atoms with E-state index in [1.165, 1.54) is 0 Å². The van der Waals surface area contributed by atoms with E-state index in [1.807, 2.05) is 84.9 Å². The van der Waals surface area contributed by atoms with Crippen LogP contribution in [-0.2, 0) is 20.7 Å². The van der Waals surface area contributed by atoms with Crippen LogP contribution < -0.4 is 5.32 Å². The van der Waals surface area contributed by atoms with Crippen molar-refractivity contribution in [2.75, 3.05) is 38.1 Å². The van der Waals surface area contributed by atoms with Crippen LogP contribution in [0, 0.1) is 0 Å². The molecule has 1 aliphatic rings. The van der Waals surface area contributed by atoms with Gasteiger partial charge in [-0.2, -0.15) is 0 Å². The van der Waals surface area contributed by atoms with Gasteiger partial charge in [0.2, 0.25) is 0 Å². The van der Waals surface area contributed by atoms with Crippen molar-refractivity contribution in [1.82, 2.24) is 9.80 Å². The van der Waals surface area contributed by atoms with Crippen molar-refractivity contribution in [2.45, 2.75) is 6.42 Å². The van der Waals surface area contributed by atoms with Gasteiger partial charge in [0, 0.05) is 31.9 Å². The second-order valence-electron chi connectivity index (χ2n) is 8.06. The third-order valence-corrected chi connectivity index (χ3v) is 5.71. The van der Waals surface area contributed by atoms with Gasteiger partial charge in [-0.1, -0.05) is 72.8 Å². The first-order chi connectivity index (χ1) is 16.6. The van der Waals surface area contributed by atoms with Crippen LogP contribution in [0.4, 0.5) is 10.5 Å². The summed E-state index contributed by atoms with van der Waals surface area (Å²) in [4.78, 5) is 40.3. The second-order valence-corrected chi connectivity index (χ2v) is 8.06. The second kappa shape index (κ2) is 11.1. The Kier molecular flexibility index (Phi) is 7.55. The Morgan fingerprint density at radius 3 is 1.91 bits per heavy atom. The van der Waals surface area contributed by atoms with Crippen molar-refractivity contribution in [3.63, 3.8) is 0 Å². The zero-order valence-corrected chi connectivity index (χ0v) is 18.9. The highest BCUT2D eigenvalue weighted by Gasteiger charge is 2.24. The molecule has 0 radical (unpaired) electrons. The number of amides is 3. The van der Waals surface area contributed by atoms with E-state index < -0.39 is 5.97 Å². The van der Waals surface area contributed by atoms with Gasteiger partial charge < -0.3 is 19.9 Å². The largest absolute Gasteiger partial charge is 0.455 e. The highest BCUT2D eigenvalue weighted by atomic mass is 16.5. The number of ether oxygens (including phenoxy) is 1. The molecule has 1 fully saturated rings. The quantitative estimate of drug-likeness (QED) is 0.571. The van der Waals surface area contributed by atoms with E-state index >= 15 is 0 Å². The van der Waals surface area contributed by atoms with E-state index in [4.69, 9.17) is 4.74 Å². The normalized spacial score (nSPS) is 13.3. The summed E-state index contributed by atoms with van der Waals surface area (Å²) in [6, 6.07) is 26.8. The minimum atomic E-state index is -0.443. The molecule has 174 valence electrons. The molecule has 4 rings (SSSR count). The minimum absolute atomic E-state index is 0.107. The molecular weight excluding hydrogens is 430 g/mol. The fourth-order valence-electron chi connectivity index (χ4n) is 3.78.